The van der Waals surface area contributed by atoms with Gasteiger partial charge in [0, 0.05) is 24.7 Å². The minimum atomic E-state index is -4.38. The Kier molecular flexibility index (Phi) is 7.79. The van der Waals surface area contributed by atoms with E-state index in [1.165, 1.54) is 12.1 Å². The molecule has 8 heteroatoms. The first-order valence-electron chi connectivity index (χ1n) is 10.4. The number of fused-ring (bicyclic) bond motifs is 1. The van der Waals surface area contributed by atoms with Crippen molar-refractivity contribution < 1.29 is 27.4 Å². The molecule has 5 nitrogen and oxygen atoms in total. The van der Waals surface area contributed by atoms with Crippen LogP contribution in [0, 0.1) is 0 Å². The van der Waals surface area contributed by atoms with Crippen LogP contribution in [0.3, 0.4) is 0 Å². The highest BCUT2D eigenvalue weighted by molar-refractivity contribution is 5.90. The third-order valence-corrected chi connectivity index (χ3v) is 5.05. The Hall–Kier alpha value is -2.74. The van der Waals surface area contributed by atoms with E-state index in [4.69, 9.17) is 9.47 Å². The molecule has 2 atom stereocenters. The Morgan fingerprint density at radius 2 is 1.81 bits per heavy atom. The second-order valence-corrected chi connectivity index (χ2v) is 7.68. The molecule has 2 aromatic carbocycles. The summed E-state index contributed by atoms with van der Waals surface area (Å²) in [4.78, 5) is 12.0. The SMILES string of the molecule is CC(CCCCC(=O)Nc1ccc(C(F)(F)F)cc1)NCC1COc2ccccc2O1. The van der Waals surface area contributed by atoms with Gasteiger partial charge in [-0.3, -0.25) is 4.79 Å². The largest absolute Gasteiger partial charge is 0.486 e. The van der Waals surface area contributed by atoms with Crippen molar-refractivity contribution in [2.45, 2.75) is 50.9 Å². The van der Waals surface area contributed by atoms with Gasteiger partial charge in [0.2, 0.25) is 5.91 Å². The second kappa shape index (κ2) is 10.5. The molecule has 0 spiro atoms. The van der Waals surface area contributed by atoms with E-state index in [2.05, 4.69) is 17.6 Å². The zero-order valence-corrected chi connectivity index (χ0v) is 17.4. The number of hydrogen-bond acceptors (Lipinski definition) is 4. The molecule has 0 radical (unpaired) electrons. The number of anilines is 1. The molecule has 1 aliphatic rings. The van der Waals surface area contributed by atoms with Gasteiger partial charge in [0.25, 0.3) is 0 Å². The lowest BCUT2D eigenvalue weighted by atomic mass is 10.1. The molecule has 2 N–H and O–H groups in total. The van der Waals surface area contributed by atoms with Crippen LogP contribution in [-0.2, 0) is 11.0 Å². The zero-order valence-electron chi connectivity index (χ0n) is 17.4. The van der Waals surface area contributed by atoms with E-state index in [9.17, 15) is 18.0 Å². The molecule has 3 rings (SSSR count). The van der Waals surface area contributed by atoms with Crippen molar-refractivity contribution in [3.8, 4) is 11.5 Å². The second-order valence-electron chi connectivity index (χ2n) is 7.68. The monoisotopic (exact) mass is 436 g/mol. The van der Waals surface area contributed by atoms with Gasteiger partial charge in [-0.15, -0.1) is 0 Å². The fourth-order valence-corrected chi connectivity index (χ4v) is 3.30. The number of rotatable bonds is 9. The normalized spacial score (nSPS) is 16.6. The van der Waals surface area contributed by atoms with Crippen molar-refractivity contribution in [2.24, 2.45) is 0 Å². The van der Waals surface area contributed by atoms with E-state index in [-0.39, 0.29) is 18.1 Å². The number of benzene rings is 2. The van der Waals surface area contributed by atoms with Gasteiger partial charge in [0.15, 0.2) is 11.5 Å². The number of unbranched alkanes of at least 4 members (excludes halogenated alkanes) is 1. The molecule has 1 heterocycles. The number of ether oxygens (including phenoxy) is 2. The topological polar surface area (TPSA) is 59.6 Å². The number of carbonyl (C=O) groups is 1. The molecule has 0 aliphatic carbocycles. The van der Waals surface area contributed by atoms with Crippen LogP contribution < -0.4 is 20.1 Å². The lowest BCUT2D eigenvalue weighted by Gasteiger charge is -2.27. The van der Waals surface area contributed by atoms with Gasteiger partial charge in [-0.2, -0.15) is 13.2 Å². The summed E-state index contributed by atoms with van der Waals surface area (Å²) in [6.45, 7) is 3.25. The predicted octanol–water partition coefficient (Wildman–Crippen LogP) is 5.02. The van der Waals surface area contributed by atoms with Crippen LogP contribution in [0.1, 0.15) is 38.2 Å². The maximum absolute atomic E-state index is 12.6. The third kappa shape index (κ3) is 7.17. The van der Waals surface area contributed by atoms with Gasteiger partial charge in [-0.1, -0.05) is 18.6 Å². The quantitative estimate of drug-likeness (QED) is 0.542. The first-order chi connectivity index (χ1) is 14.8. The van der Waals surface area contributed by atoms with E-state index < -0.39 is 11.7 Å². The van der Waals surface area contributed by atoms with E-state index >= 15 is 0 Å². The standard InChI is InChI=1S/C23H27F3N2O3/c1-16(27-14-19-15-30-20-7-3-4-8-21(20)31-19)6-2-5-9-22(29)28-18-12-10-17(11-13-18)23(24,25)26/h3-4,7-8,10-13,16,19,27H,2,5-6,9,14-15H2,1H3,(H,28,29). The number of carbonyl (C=O) groups excluding carboxylic acids is 1. The van der Waals surface area contributed by atoms with Crippen molar-refractivity contribution in [1.29, 1.82) is 0 Å². The summed E-state index contributed by atoms with van der Waals surface area (Å²) in [6, 6.07) is 12.3. The Morgan fingerprint density at radius 3 is 2.52 bits per heavy atom. The molecule has 168 valence electrons. The summed E-state index contributed by atoms with van der Waals surface area (Å²) in [5.74, 6) is 1.32. The molecule has 31 heavy (non-hydrogen) atoms. The van der Waals surface area contributed by atoms with Crippen LogP contribution in [0.5, 0.6) is 11.5 Å². The lowest BCUT2D eigenvalue weighted by molar-refractivity contribution is -0.137. The highest BCUT2D eigenvalue weighted by Crippen LogP contribution is 2.31. The van der Waals surface area contributed by atoms with Gasteiger partial charge >= 0.3 is 6.18 Å². The van der Waals surface area contributed by atoms with E-state index in [1.54, 1.807) is 0 Å². The van der Waals surface area contributed by atoms with Gasteiger partial charge in [-0.05, 0) is 56.2 Å². The molecule has 1 amide bonds. The van der Waals surface area contributed by atoms with Gasteiger partial charge in [0.05, 0.1) is 5.56 Å². The number of hydrogen-bond donors (Lipinski definition) is 2. The van der Waals surface area contributed by atoms with E-state index in [0.29, 0.717) is 31.7 Å². The summed E-state index contributed by atoms with van der Waals surface area (Å²) in [5, 5.41) is 6.06. The summed E-state index contributed by atoms with van der Waals surface area (Å²) >= 11 is 0. The molecule has 0 saturated carbocycles. The summed E-state index contributed by atoms with van der Waals surface area (Å²) in [5.41, 5.74) is -0.370. The van der Waals surface area contributed by atoms with Crippen molar-refractivity contribution >= 4 is 11.6 Å². The fourth-order valence-electron chi connectivity index (χ4n) is 3.30. The summed E-state index contributed by atoms with van der Waals surface area (Å²) < 4.78 is 49.3. The van der Waals surface area contributed by atoms with Gasteiger partial charge < -0.3 is 20.1 Å². The molecule has 0 saturated heterocycles. The number of alkyl halides is 3. The Morgan fingerprint density at radius 1 is 1.10 bits per heavy atom. The minimum Gasteiger partial charge on any atom is -0.486 e. The minimum absolute atomic E-state index is 0.0492. The van der Waals surface area contributed by atoms with Gasteiger partial charge in [0.1, 0.15) is 12.7 Å². The van der Waals surface area contributed by atoms with Crippen LogP contribution in [0.25, 0.3) is 0 Å². The first kappa shape index (κ1) is 22.9. The number of para-hydroxylation sites is 2. The number of nitrogens with one attached hydrogen (secondary N) is 2. The average Bonchev–Trinajstić information content (AvgIpc) is 2.75. The maximum Gasteiger partial charge on any atom is 0.416 e. The molecular weight excluding hydrogens is 409 g/mol. The maximum atomic E-state index is 12.6. The van der Waals surface area contributed by atoms with Crippen LogP contribution >= 0.6 is 0 Å². The molecule has 1 aliphatic heterocycles. The molecule has 2 aromatic rings. The third-order valence-electron chi connectivity index (χ3n) is 5.05. The first-order valence-corrected chi connectivity index (χ1v) is 10.4. The molecular formula is C23H27F3N2O3. The Bertz CT molecular complexity index is 856. The molecule has 0 bridgehead atoms. The Balaban J connectivity index is 1.28. The predicted molar refractivity (Wildman–Crippen MR) is 112 cm³/mol. The van der Waals surface area contributed by atoms with Crippen LogP contribution in [0.4, 0.5) is 18.9 Å². The highest BCUT2D eigenvalue weighted by Gasteiger charge is 2.30. The van der Waals surface area contributed by atoms with Crippen LogP contribution in [0.15, 0.2) is 48.5 Å². The summed E-state index contributed by atoms with van der Waals surface area (Å²) in [7, 11) is 0. The van der Waals surface area contributed by atoms with Crippen molar-refractivity contribution in [1.82, 2.24) is 5.32 Å². The molecule has 0 fully saturated rings. The molecule has 0 aromatic heterocycles. The zero-order chi connectivity index (χ0) is 22.3. The number of amides is 1. The Labute approximate surface area is 179 Å². The van der Waals surface area contributed by atoms with Crippen LogP contribution in [-0.4, -0.2) is 31.2 Å². The van der Waals surface area contributed by atoms with Crippen LogP contribution in [0.2, 0.25) is 0 Å². The van der Waals surface area contributed by atoms with Crippen molar-refractivity contribution in [2.75, 3.05) is 18.5 Å². The van der Waals surface area contributed by atoms with E-state index in [0.717, 1.165) is 36.5 Å². The average molecular weight is 436 g/mol. The van der Waals surface area contributed by atoms with Gasteiger partial charge in [-0.25, -0.2) is 0 Å². The lowest BCUT2D eigenvalue weighted by Crippen LogP contribution is -2.41. The number of halogens is 3. The molecule has 2 unspecified atom stereocenters. The highest BCUT2D eigenvalue weighted by atomic mass is 19.4. The van der Waals surface area contributed by atoms with E-state index in [1.807, 2.05) is 24.3 Å². The fraction of sp³-hybridized carbons (Fsp3) is 0.435. The smallest absolute Gasteiger partial charge is 0.416 e. The van der Waals surface area contributed by atoms with Crippen molar-refractivity contribution in [3.05, 3.63) is 54.1 Å². The summed E-state index contributed by atoms with van der Waals surface area (Å²) in [6.07, 6.45) is -1.64. The van der Waals surface area contributed by atoms with Crippen molar-refractivity contribution in [3.63, 3.8) is 0 Å².